The van der Waals surface area contributed by atoms with Gasteiger partial charge in [-0.2, -0.15) is 0 Å². The minimum absolute atomic E-state index is 0.0227. The van der Waals surface area contributed by atoms with Crippen LogP contribution in [0.5, 0.6) is 0 Å². The van der Waals surface area contributed by atoms with Crippen molar-refractivity contribution in [1.82, 2.24) is 0 Å². The summed E-state index contributed by atoms with van der Waals surface area (Å²) in [5, 5.41) is 0. The second-order valence-electron chi connectivity index (χ2n) is 5.74. The Hall–Kier alpha value is -1.32. The molecule has 112 valence electrons. The van der Waals surface area contributed by atoms with E-state index in [4.69, 9.17) is 5.73 Å². The normalized spacial score (nSPS) is 12.7. The van der Waals surface area contributed by atoms with Crippen molar-refractivity contribution in [2.45, 2.75) is 48.9 Å². The van der Waals surface area contributed by atoms with Crippen LogP contribution in [0.25, 0.3) is 0 Å². The maximum Gasteiger partial charge on any atom is 0.137 e. The van der Waals surface area contributed by atoms with Crippen molar-refractivity contribution in [2.24, 2.45) is 5.73 Å². The molecule has 0 fully saturated rings. The van der Waals surface area contributed by atoms with Crippen molar-refractivity contribution >= 4 is 11.8 Å². The Morgan fingerprint density at radius 1 is 1.05 bits per heavy atom. The molecule has 2 N–H and O–H groups in total. The molecular weight excluding hydrogens is 281 g/mol. The zero-order valence-electron chi connectivity index (χ0n) is 12.8. The fourth-order valence-electron chi connectivity index (χ4n) is 2.21. The number of halogens is 1. The summed E-state index contributed by atoms with van der Waals surface area (Å²) >= 11 is 1.47. The Morgan fingerprint density at radius 2 is 1.71 bits per heavy atom. The van der Waals surface area contributed by atoms with Crippen LogP contribution in [0.2, 0.25) is 0 Å². The van der Waals surface area contributed by atoms with Gasteiger partial charge in [-0.05, 0) is 48.6 Å². The average molecular weight is 303 g/mol. The molecule has 0 aliphatic heterocycles. The van der Waals surface area contributed by atoms with Crippen molar-refractivity contribution in [3.63, 3.8) is 0 Å². The van der Waals surface area contributed by atoms with Gasteiger partial charge in [-0.25, -0.2) is 4.39 Å². The van der Waals surface area contributed by atoms with E-state index in [9.17, 15) is 4.39 Å². The van der Waals surface area contributed by atoms with Crippen LogP contribution in [-0.2, 0) is 6.42 Å². The van der Waals surface area contributed by atoms with Gasteiger partial charge in [0.1, 0.15) is 5.82 Å². The highest BCUT2D eigenvalue weighted by molar-refractivity contribution is 7.99. The zero-order valence-corrected chi connectivity index (χ0v) is 13.6. The molecule has 0 aromatic heterocycles. The third-order valence-corrected chi connectivity index (χ3v) is 4.53. The standard InChI is InChI=1S/C18H22FNS/c1-12(2)14-7-9-16(10-8-14)21-18-15(11-13(3)20)5-4-6-17(18)19/h4-10,12-13H,11,20H2,1-3H3. The molecule has 0 radical (unpaired) electrons. The molecule has 0 saturated heterocycles. The van der Waals surface area contributed by atoms with Gasteiger partial charge < -0.3 is 5.73 Å². The van der Waals surface area contributed by atoms with Gasteiger partial charge in [-0.3, -0.25) is 0 Å². The van der Waals surface area contributed by atoms with Gasteiger partial charge in [0.2, 0.25) is 0 Å². The average Bonchev–Trinajstić information content (AvgIpc) is 2.42. The van der Waals surface area contributed by atoms with Crippen LogP contribution in [0.3, 0.4) is 0 Å². The van der Waals surface area contributed by atoms with Crippen LogP contribution in [0.1, 0.15) is 37.8 Å². The largest absolute Gasteiger partial charge is 0.328 e. The predicted molar refractivity (Wildman–Crippen MR) is 88.4 cm³/mol. The van der Waals surface area contributed by atoms with Crippen LogP contribution >= 0.6 is 11.8 Å². The summed E-state index contributed by atoms with van der Waals surface area (Å²) in [6.45, 7) is 6.27. The first-order valence-electron chi connectivity index (χ1n) is 7.28. The van der Waals surface area contributed by atoms with E-state index in [1.165, 1.54) is 23.4 Å². The van der Waals surface area contributed by atoms with E-state index in [-0.39, 0.29) is 11.9 Å². The summed E-state index contributed by atoms with van der Waals surface area (Å²) < 4.78 is 14.1. The molecule has 0 aliphatic carbocycles. The molecule has 1 unspecified atom stereocenters. The topological polar surface area (TPSA) is 26.0 Å². The van der Waals surface area contributed by atoms with Crippen molar-refractivity contribution < 1.29 is 4.39 Å². The Balaban J connectivity index is 2.26. The highest BCUT2D eigenvalue weighted by Crippen LogP contribution is 2.33. The highest BCUT2D eigenvalue weighted by atomic mass is 32.2. The van der Waals surface area contributed by atoms with Crippen LogP contribution in [0.4, 0.5) is 4.39 Å². The first kappa shape index (κ1) is 16.1. The molecule has 2 aromatic rings. The monoisotopic (exact) mass is 303 g/mol. The van der Waals surface area contributed by atoms with Crippen molar-refractivity contribution in [2.75, 3.05) is 0 Å². The van der Waals surface area contributed by atoms with Gasteiger partial charge in [0, 0.05) is 10.9 Å². The lowest BCUT2D eigenvalue weighted by atomic mass is 10.0. The third-order valence-electron chi connectivity index (χ3n) is 3.36. The summed E-state index contributed by atoms with van der Waals surface area (Å²) in [7, 11) is 0. The van der Waals surface area contributed by atoms with Crippen LogP contribution < -0.4 is 5.73 Å². The number of benzene rings is 2. The van der Waals surface area contributed by atoms with Crippen LogP contribution in [0.15, 0.2) is 52.3 Å². The maximum atomic E-state index is 14.1. The molecule has 1 atom stereocenters. The van der Waals surface area contributed by atoms with E-state index in [1.807, 2.05) is 13.0 Å². The van der Waals surface area contributed by atoms with Gasteiger partial charge in [0.15, 0.2) is 0 Å². The number of hydrogen-bond acceptors (Lipinski definition) is 2. The summed E-state index contributed by atoms with van der Waals surface area (Å²) in [6.07, 6.45) is 0.685. The second kappa shape index (κ2) is 7.10. The van der Waals surface area contributed by atoms with E-state index in [1.54, 1.807) is 6.07 Å². The highest BCUT2D eigenvalue weighted by Gasteiger charge is 2.12. The van der Waals surface area contributed by atoms with Crippen LogP contribution in [-0.4, -0.2) is 6.04 Å². The smallest absolute Gasteiger partial charge is 0.137 e. The molecule has 3 heteroatoms. The molecule has 0 saturated carbocycles. The van der Waals surface area contributed by atoms with E-state index < -0.39 is 0 Å². The van der Waals surface area contributed by atoms with E-state index in [0.29, 0.717) is 17.2 Å². The second-order valence-corrected chi connectivity index (χ2v) is 6.82. The van der Waals surface area contributed by atoms with Gasteiger partial charge in [0.25, 0.3) is 0 Å². The first-order valence-corrected chi connectivity index (χ1v) is 8.09. The summed E-state index contributed by atoms with van der Waals surface area (Å²) in [6, 6.07) is 13.6. The predicted octanol–water partition coefficient (Wildman–Crippen LogP) is 4.99. The number of nitrogens with two attached hydrogens (primary N) is 1. The van der Waals surface area contributed by atoms with E-state index in [0.717, 1.165) is 10.5 Å². The van der Waals surface area contributed by atoms with E-state index >= 15 is 0 Å². The molecule has 0 bridgehead atoms. The molecular formula is C18H22FNS. The first-order chi connectivity index (χ1) is 9.97. The summed E-state index contributed by atoms with van der Waals surface area (Å²) in [4.78, 5) is 1.74. The number of rotatable bonds is 5. The van der Waals surface area contributed by atoms with Crippen molar-refractivity contribution in [3.8, 4) is 0 Å². The van der Waals surface area contributed by atoms with Gasteiger partial charge in [-0.15, -0.1) is 0 Å². The minimum Gasteiger partial charge on any atom is -0.328 e. The Bertz CT molecular complexity index is 591. The van der Waals surface area contributed by atoms with E-state index in [2.05, 4.69) is 38.1 Å². The fourth-order valence-corrected chi connectivity index (χ4v) is 3.17. The summed E-state index contributed by atoms with van der Waals surface area (Å²) in [5.41, 5.74) is 8.13. The third kappa shape index (κ3) is 4.32. The Labute approximate surface area is 130 Å². The van der Waals surface area contributed by atoms with Crippen LogP contribution in [0, 0.1) is 5.82 Å². The lowest BCUT2D eigenvalue weighted by Crippen LogP contribution is -2.18. The molecule has 0 heterocycles. The SMILES string of the molecule is CC(N)Cc1cccc(F)c1Sc1ccc(C(C)C)cc1. The molecule has 0 aliphatic rings. The lowest BCUT2D eigenvalue weighted by molar-refractivity contribution is 0.593. The molecule has 0 spiro atoms. The fraction of sp³-hybridized carbons (Fsp3) is 0.333. The van der Waals surface area contributed by atoms with Crippen molar-refractivity contribution in [3.05, 3.63) is 59.4 Å². The van der Waals surface area contributed by atoms with Gasteiger partial charge in [-0.1, -0.05) is 49.9 Å². The lowest BCUT2D eigenvalue weighted by Gasteiger charge is -2.13. The summed E-state index contributed by atoms with van der Waals surface area (Å²) in [5.74, 6) is 0.331. The quantitative estimate of drug-likeness (QED) is 0.842. The zero-order chi connectivity index (χ0) is 15.4. The Kier molecular flexibility index (Phi) is 5.43. The molecule has 0 amide bonds. The van der Waals surface area contributed by atoms with Gasteiger partial charge in [0.05, 0.1) is 4.90 Å². The molecule has 2 rings (SSSR count). The minimum atomic E-state index is -0.175. The molecule has 2 aromatic carbocycles. The number of hydrogen-bond donors (Lipinski definition) is 1. The maximum absolute atomic E-state index is 14.1. The Morgan fingerprint density at radius 3 is 2.29 bits per heavy atom. The molecule has 21 heavy (non-hydrogen) atoms. The molecule has 1 nitrogen and oxygen atoms in total. The van der Waals surface area contributed by atoms with Crippen molar-refractivity contribution in [1.29, 1.82) is 0 Å². The van der Waals surface area contributed by atoms with Gasteiger partial charge >= 0.3 is 0 Å².